The maximum absolute atomic E-state index is 7.32. The molecule has 0 rings (SSSR count). The summed E-state index contributed by atoms with van der Waals surface area (Å²) in [6.07, 6.45) is 1.65. The van der Waals surface area contributed by atoms with Gasteiger partial charge >= 0.3 is 67.2 Å². The van der Waals surface area contributed by atoms with Crippen LogP contribution in [0.3, 0.4) is 0 Å². The molecule has 0 amide bonds. The molecular formula is C7H13IN-. The molecule has 0 spiro atoms. The molecule has 0 aromatic rings. The fourth-order valence-electron chi connectivity index (χ4n) is 0.344. The predicted octanol–water partition coefficient (Wildman–Crippen LogP) is -0.963. The average molecular weight is 238 g/mol. The predicted molar refractivity (Wildman–Crippen MR) is 37.7 cm³/mol. The molecule has 0 atom stereocenters. The van der Waals surface area contributed by atoms with Crippen molar-refractivity contribution in [1.82, 2.24) is 0 Å². The molecule has 9 heavy (non-hydrogen) atoms. The topological polar surface area (TPSA) is 23.9 Å². The van der Waals surface area contributed by atoms with Crippen LogP contribution >= 0.6 is 0 Å². The zero-order chi connectivity index (χ0) is 7.49. The Bertz CT molecular complexity index is 121. The van der Waals surface area contributed by atoms with Gasteiger partial charge in [0, 0.05) is 0 Å². The minimum absolute atomic E-state index is 0.116. The molecule has 0 aromatic heterocycles. The first-order chi connectivity index (χ1) is 3.95. The van der Waals surface area contributed by atoms with Crippen LogP contribution in [0.15, 0.2) is 12.7 Å². The fourth-order valence-corrected chi connectivity index (χ4v) is 2.31. The Kier molecular flexibility index (Phi) is 3.40. The second-order valence-corrected chi connectivity index (χ2v) is 7.65. The van der Waals surface area contributed by atoms with Crippen molar-refractivity contribution < 1.29 is 21.2 Å². The summed E-state index contributed by atoms with van der Waals surface area (Å²) >= 11 is -0.116. The molecule has 0 aliphatic carbocycles. The van der Waals surface area contributed by atoms with Crippen molar-refractivity contribution >= 4 is 3.72 Å². The number of rotatable bonds is 2. The van der Waals surface area contributed by atoms with Crippen LogP contribution in [0.5, 0.6) is 0 Å². The number of hydrogen-bond donors (Lipinski definition) is 1. The van der Waals surface area contributed by atoms with Crippen molar-refractivity contribution in [2.45, 2.75) is 24.2 Å². The van der Waals surface area contributed by atoms with Crippen LogP contribution in [0, 0.1) is 5.41 Å². The van der Waals surface area contributed by atoms with Gasteiger partial charge in [0.05, 0.1) is 0 Å². The summed E-state index contributed by atoms with van der Waals surface area (Å²) in [5.74, 6) is 0. The Morgan fingerprint density at radius 3 is 2.11 bits per heavy atom. The van der Waals surface area contributed by atoms with Gasteiger partial charge in [0.1, 0.15) is 0 Å². The first kappa shape index (κ1) is 9.14. The molecule has 54 valence electrons. The van der Waals surface area contributed by atoms with Gasteiger partial charge in [-0.2, -0.15) is 0 Å². The van der Waals surface area contributed by atoms with E-state index < -0.39 is 0 Å². The third-order valence-electron chi connectivity index (χ3n) is 0.564. The van der Waals surface area contributed by atoms with Crippen LogP contribution in [0.1, 0.15) is 20.8 Å². The number of allylic oxidation sites excluding steroid dienone is 1. The molecule has 2 heteroatoms. The van der Waals surface area contributed by atoms with Crippen LogP contribution in [0.2, 0.25) is 0 Å². The zero-order valence-electron chi connectivity index (χ0n) is 6.16. The Morgan fingerprint density at radius 2 is 2.00 bits per heavy atom. The van der Waals surface area contributed by atoms with E-state index in [1.54, 1.807) is 6.08 Å². The Hall–Kier alpha value is 0.140. The number of hydrogen-bond acceptors (Lipinski definition) is 1. The molecule has 0 heterocycles. The summed E-state index contributed by atoms with van der Waals surface area (Å²) < 4.78 is 1.07. The Balaban J connectivity index is 3.74. The van der Waals surface area contributed by atoms with Crippen LogP contribution in [0.4, 0.5) is 0 Å². The van der Waals surface area contributed by atoms with Crippen molar-refractivity contribution in [1.29, 1.82) is 5.41 Å². The van der Waals surface area contributed by atoms with Gasteiger partial charge in [0.2, 0.25) is 0 Å². The molecule has 0 fully saturated rings. The average Bonchev–Trinajstić information content (AvgIpc) is 1.62. The van der Waals surface area contributed by atoms with Crippen LogP contribution in [-0.2, 0) is 0 Å². The van der Waals surface area contributed by atoms with Crippen LogP contribution < -0.4 is 21.2 Å². The summed E-state index contributed by atoms with van der Waals surface area (Å²) in [4.78, 5) is 0. The van der Waals surface area contributed by atoms with Gasteiger partial charge in [-0.25, -0.2) is 0 Å². The van der Waals surface area contributed by atoms with Crippen molar-refractivity contribution in [3.8, 4) is 0 Å². The van der Waals surface area contributed by atoms with Crippen molar-refractivity contribution in [3.05, 3.63) is 12.7 Å². The molecule has 0 saturated heterocycles. The van der Waals surface area contributed by atoms with E-state index in [1.165, 1.54) is 0 Å². The van der Waals surface area contributed by atoms with E-state index in [2.05, 4.69) is 27.4 Å². The Morgan fingerprint density at radius 1 is 1.56 bits per heavy atom. The normalized spacial score (nSPS) is 11.4. The molecule has 0 unspecified atom stereocenters. The van der Waals surface area contributed by atoms with Crippen LogP contribution in [0.25, 0.3) is 0 Å². The van der Waals surface area contributed by atoms with Gasteiger partial charge < -0.3 is 0 Å². The van der Waals surface area contributed by atoms with E-state index in [9.17, 15) is 0 Å². The molecule has 0 aromatic carbocycles. The van der Waals surface area contributed by atoms with E-state index in [0.29, 0.717) is 3.42 Å². The molecule has 1 nitrogen and oxygen atoms in total. The molecule has 0 radical (unpaired) electrons. The summed E-state index contributed by atoms with van der Waals surface area (Å²) in [6, 6.07) is 0. The molecular weight excluding hydrogens is 225 g/mol. The van der Waals surface area contributed by atoms with Gasteiger partial charge in [-0.1, -0.05) is 0 Å². The van der Waals surface area contributed by atoms with Crippen molar-refractivity contribution in [2.75, 3.05) is 0 Å². The maximum atomic E-state index is 7.32. The zero-order valence-corrected chi connectivity index (χ0v) is 8.32. The molecule has 0 bridgehead atoms. The first-order valence-electron chi connectivity index (χ1n) is 2.82. The summed E-state index contributed by atoms with van der Waals surface area (Å²) in [7, 11) is 0. The van der Waals surface area contributed by atoms with E-state index in [0.717, 1.165) is 3.72 Å². The van der Waals surface area contributed by atoms with E-state index in [-0.39, 0.29) is 21.2 Å². The minimum atomic E-state index is -0.116. The van der Waals surface area contributed by atoms with E-state index in [4.69, 9.17) is 5.41 Å². The number of halogens is 1. The summed E-state index contributed by atoms with van der Waals surface area (Å²) in [5, 5.41) is 7.32. The second-order valence-electron chi connectivity index (χ2n) is 2.71. The molecule has 0 aliphatic heterocycles. The van der Waals surface area contributed by atoms with E-state index >= 15 is 0 Å². The molecule has 0 saturated carbocycles. The van der Waals surface area contributed by atoms with Crippen molar-refractivity contribution in [2.24, 2.45) is 0 Å². The fraction of sp³-hybridized carbons (Fsp3) is 0.571. The number of nitrogens with one attached hydrogen (secondary N) is 1. The van der Waals surface area contributed by atoms with Gasteiger partial charge in [0.25, 0.3) is 0 Å². The summed E-state index contributed by atoms with van der Waals surface area (Å²) in [6.45, 7) is 10.0. The van der Waals surface area contributed by atoms with Gasteiger partial charge in [-0.3, -0.25) is 0 Å². The first-order valence-corrected chi connectivity index (χ1v) is 4.98. The molecule has 0 aliphatic rings. The summed E-state index contributed by atoms with van der Waals surface area (Å²) in [5.41, 5.74) is 0. The van der Waals surface area contributed by atoms with Gasteiger partial charge in [-0.05, 0) is 0 Å². The SMILES string of the molecule is C=CC(=N)[I-]C(C)(C)C. The van der Waals surface area contributed by atoms with Crippen molar-refractivity contribution in [3.63, 3.8) is 0 Å². The molecule has 1 N–H and O–H groups in total. The van der Waals surface area contributed by atoms with Crippen LogP contribution in [-0.4, -0.2) is 7.14 Å². The quantitative estimate of drug-likeness (QED) is 0.364. The van der Waals surface area contributed by atoms with E-state index in [1.807, 2.05) is 0 Å². The second kappa shape index (κ2) is 3.34. The third-order valence-corrected chi connectivity index (χ3v) is 3.20. The van der Waals surface area contributed by atoms with Gasteiger partial charge in [0.15, 0.2) is 0 Å². The number of alkyl halides is 1. The standard InChI is InChI=1S/C7H13IN/c1-5-6(9)8-7(2,3)4/h5,9H,1H2,2-4H3/q-1. The third kappa shape index (κ3) is 6.02. The van der Waals surface area contributed by atoms with Gasteiger partial charge in [-0.15, -0.1) is 0 Å². The monoisotopic (exact) mass is 238 g/mol. The Labute approximate surface area is 67.3 Å².